The van der Waals surface area contributed by atoms with Crippen LogP contribution >= 0.6 is 11.8 Å². The van der Waals surface area contributed by atoms with Gasteiger partial charge in [-0.15, -0.1) is 5.10 Å². The van der Waals surface area contributed by atoms with Gasteiger partial charge in [-0.3, -0.25) is 9.59 Å². The monoisotopic (exact) mass is 414 g/mol. The number of tetrazole rings is 1. The van der Waals surface area contributed by atoms with Crippen LogP contribution in [0.1, 0.15) is 16.8 Å². The SMILES string of the molecule is COc1cn(CC(=O)Nc2cc(C)cc(C)c2)c(CSc2nnnn2C)cc1=O. The number of benzene rings is 1. The van der Waals surface area contributed by atoms with Gasteiger partial charge in [0.15, 0.2) is 5.75 Å². The summed E-state index contributed by atoms with van der Waals surface area (Å²) in [4.78, 5) is 24.8. The van der Waals surface area contributed by atoms with E-state index < -0.39 is 0 Å². The van der Waals surface area contributed by atoms with Crippen molar-refractivity contribution < 1.29 is 9.53 Å². The van der Waals surface area contributed by atoms with Gasteiger partial charge in [-0.2, -0.15) is 0 Å². The van der Waals surface area contributed by atoms with E-state index in [1.807, 2.05) is 32.0 Å². The summed E-state index contributed by atoms with van der Waals surface area (Å²) in [7, 11) is 3.16. The van der Waals surface area contributed by atoms with Crippen LogP contribution in [0.25, 0.3) is 0 Å². The number of aromatic nitrogens is 5. The number of carbonyl (C=O) groups is 1. The van der Waals surface area contributed by atoms with Crippen molar-refractivity contribution in [3.63, 3.8) is 0 Å². The predicted molar refractivity (Wildman–Crippen MR) is 110 cm³/mol. The van der Waals surface area contributed by atoms with Gasteiger partial charge in [-0.25, -0.2) is 4.68 Å². The van der Waals surface area contributed by atoms with Crippen molar-refractivity contribution in [3.8, 4) is 5.75 Å². The number of anilines is 1. The van der Waals surface area contributed by atoms with Crippen LogP contribution < -0.4 is 15.5 Å². The number of nitrogens with zero attached hydrogens (tertiary/aromatic N) is 5. The van der Waals surface area contributed by atoms with E-state index in [-0.39, 0.29) is 23.6 Å². The fourth-order valence-electron chi connectivity index (χ4n) is 2.90. The number of thioether (sulfide) groups is 1. The molecule has 2 aromatic heterocycles. The first-order chi connectivity index (χ1) is 13.9. The first kappa shape index (κ1) is 20.6. The van der Waals surface area contributed by atoms with Crippen LogP contribution in [-0.2, 0) is 24.1 Å². The van der Waals surface area contributed by atoms with Gasteiger partial charge in [-0.1, -0.05) is 17.8 Å². The smallest absolute Gasteiger partial charge is 0.244 e. The van der Waals surface area contributed by atoms with E-state index >= 15 is 0 Å². The second-order valence-corrected chi connectivity index (χ2v) is 7.57. The van der Waals surface area contributed by atoms with Crippen molar-refractivity contribution in [2.75, 3.05) is 12.4 Å². The van der Waals surface area contributed by atoms with Crippen LogP contribution in [0.15, 0.2) is 40.4 Å². The number of ether oxygens (including phenoxy) is 1. The number of aryl methyl sites for hydroxylation is 3. The van der Waals surface area contributed by atoms with Gasteiger partial charge < -0.3 is 14.6 Å². The molecule has 0 atom stereocenters. The van der Waals surface area contributed by atoms with E-state index in [0.29, 0.717) is 16.6 Å². The van der Waals surface area contributed by atoms with Crippen molar-refractivity contribution in [1.82, 2.24) is 24.8 Å². The van der Waals surface area contributed by atoms with Crippen molar-refractivity contribution in [2.45, 2.75) is 31.3 Å². The highest BCUT2D eigenvalue weighted by Gasteiger charge is 2.13. The summed E-state index contributed by atoms with van der Waals surface area (Å²) in [6.45, 7) is 3.99. The molecule has 1 amide bonds. The molecule has 0 fully saturated rings. The summed E-state index contributed by atoms with van der Waals surface area (Å²) in [5, 5.41) is 14.8. The lowest BCUT2D eigenvalue weighted by atomic mass is 10.1. The second kappa shape index (κ2) is 8.91. The number of carbonyl (C=O) groups excluding carboxylic acids is 1. The van der Waals surface area contributed by atoms with Crippen LogP contribution in [0.4, 0.5) is 5.69 Å². The molecule has 3 aromatic rings. The van der Waals surface area contributed by atoms with E-state index in [1.54, 1.807) is 22.5 Å². The Kier molecular flexibility index (Phi) is 6.32. The molecule has 0 aliphatic carbocycles. The number of methoxy groups -OCH3 is 1. The molecule has 0 aliphatic heterocycles. The van der Waals surface area contributed by atoms with Crippen molar-refractivity contribution in [2.24, 2.45) is 7.05 Å². The zero-order valence-electron chi connectivity index (χ0n) is 16.7. The molecule has 0 spiro atoms. The van der Waals surface area contributed by atoms with Gasteiger partial charge >= 0.3 is 0 Å². The molecule has 9 nitrogen and oxygen atoms in total. The summed E-state index contributed by atoms with van der Waals surface area (Å²) in [5.74, 6) is 0.398. The van der Waals surface area contributed by atoms with E-state index in [1.165, 1.54) is 24.9 Å². The van der Waals surface area contributed by atoms with Gasteiger partial charge in [0.1, 0.15) is 6.54 Å². The third-order valence-electron chi connectivity index (χ3n) is 4.15. The third kappa shape index (κ3) is 5.23. The number of hydrogen-bond donors (Lipinski definition) is 1. The van der Waals surface area contributed by atoms with E-state index in [4.69, 9.17) is 4.74 Å². The summed E-state index contributed by atoms with van der Waals surface area (Å²) < 4.78 is 8.38. The summed E-state index contributed by atoms with van der Waals surface area (Å²) in [6.07, 6.45) is 1.55. The molecule has 3 rings (SSSR count). The fraction of sp³-hybridized carbons (Fsp3) is 0.316. The number of amides is 1. The minimum atomic E-state index is -0.245. The molecule has 0 radical (unpaired) electrons. The van der Waals surface area contributed by atoms with Crippen molar-refractivity contribution in [3.05, 3.63) is 57.5 Å². The van der Waals surface area contributed by atoms with E-state index in [2.05, 4.69) is 20.8 Å². The topological polar surface area (TPSA) is 104 Å². The zero-order valence-corrected chi connectivity index (χ0v) is 17.5. The molecule has 0 bridgehead atoms. The Morgan fingerprint density at radius 2 is 1.93 bits per heavy atom. The molecule has 2 heterocycles. The van der Waals surface area contributed by atoms with Crippen molar-refractivity contribution >= 4 is 23.4 Å². The van der Waals surface area contributed by atoms with Gasteiger partial charge in [0.05, 0.1) is 13.3 Å². The lowest BCUT2D eigenvalue weighted by Gasteiger charge is -2.15. The third-order valence-corrected chi connectivity index (χ3v) is 5.20. The molecule has 0 saturated carbocycles. The van der Waals surface area contributed by atoms with Crippen molar-refractivity contribution in [1.29, 1.82) is 0 Å². The number of pyridine rings is 1. The summed E-state index contributed by atoms with van der Waals surface area (Å²) >= 11 is 1.37. The highest BCUT2D eigenvalue weighted by molar-refractivity contribution is 7.98. The van der Waals surface area contributed by atoms with Gasteiger partial charge in [0.25, 0.3) is 0 Å². The Hall–Kier alpha value is -3.14. The van der Waals surface area contributed by atoms with Crippen LogP contribution in [0.2, 0.25) is 0 Å². The molecule has 0 unspecified atom stereocenters. The van der Waals surface area contributed by atoms with Gasteiger partial charge in [-0.05, 0) is 47.5 Å². The fourth-order valence-corrected chi connectivity index (χ4v) is 3.75. The first-order valence-electron chi connectivity index (χ1n) is 8.86. The molecule has 29 heavy (non-hydrogen) atoms. The zero-order chi connectivity index (χ0) is 21.0. The summed E-state index contributed by atoms with van der Waals surface area (Å²) in [5.41, 5.74) is 3.30. The Labute approximate surface area is 172 Å². The van der Waals surface area contributed by atoms with Crippen LogP contribution in [-0.4, -0.2) is 37.8 Å². The Morgan fingerprint density at radius 1 is 1.21 bits per heavy atom. The largest absolute Gasteiger partial charge is 0.491 e. The van der Waals surface area contributed by atoms with Gasteiger partial charge in [0, 0.05) is 30.2 Å². The summed E-state index contributed by atoms with van der Waals surface area (Å²) in [6, 6.07) is 7.34. The highest BCUT2D eigenvalue weighted by atomic mass is 32.2. The number of nitrogens with one attached hydrogen (secondary N) is 1. The maximum atomic E-state index is 12.6. The van der Waals surface area contributed by atoms with Crippen LogP contribution in [0, 0.1) is 13.8 Å². The van der Waals surface area contributed by atoms with Gasteiger partial charge in [0.2, 0.25) is 16.5 Å². The lowest BCUT2D eigenvalue weighted by Crippen LogP contribution is -2.23. The molecule has 0 saturated heterocycles. The first-order valence-corrected chi connectivity index (χ1v) is 9.85. The molecular formula is C19H22N6O3S. The highest BCUT2D eigenvalue weighted by Crippen LogP contribution is 2.20. The lowest BCUT2D eigenvalue weighted by molar-refractivity contribution is -0.116. The Bertz CT molecular complexity index is 1070. The average molecular weight is 414 g/mol. The molecule has 1 aromatic carbocycles. The molecular weight excluding hydrogens is 392 g/mol. The van der Waals surface area contributed by atoms with Crippen LogP contribution in [0.3, 0.4) is 0 Å². The minimum absolute atomic E-state index is 0.0383. The van der Waals surface area contributed by atoms with Crippen LogP contribution in [0.5, 0.6) is 5.75 Å². The number of hydrogen-bond acceptors (Lipinski definition) is 7. The maximum absolute atomic E-state index is 12.6. The molecule has 1 N–H and O–H groups in total. The normalized spacial score (nSPS) is 10.8. The standard InChI is InChI=1S/C19H22N6O3S/c1-12-5-13(2)7-14(6-12)20-18(27)10-25-9-17(28-4)16(26)8-15(25)11-29-19-21-22-23-24(19)3/h5-9H,10-11H2,1-4H3,(H,20,27). The van der Waals surface area contributed by atoms with E-state index in [0.717, 1.165) is 16.8 Å². The minimum Gasteiger partial charge on any atom is -0.491 e. The average Bonchev–Trinajstić information content (AvgIpc) is 3.05. The molecule has 0 aliphatic rings. The quantitative estimate of drug-likeness (QED) is 0.589. The Balaban J connectivity index is 1.81. The predicted octanol–water partition coefficient (Wildman–Crippen LogP) is 1.93. The van der Waals surface area contributed by atoms with E-state index in [9.17, 15) is 9.59 Å². The maximum Gasteiger partial charge on any atom is 0.244 e. The molecule has 152 valence electrons. The second-order valence-electron chi connectivity index (χ2n) is 6.62. The molecule has 10 heteroatoms. The number of rotatable bonds is 7. The Morgan fingerprint density at radius 3 is 2.55 bits per heavy atom.